The minimum atomic E-state index is -4.74. The van der Waals surface area contributed by atoms with Crippen LogP contribution in [-0.4, -0.2) is 0 Å². The van der Waals surface area contributed by atoms with E-state index in [1.54, 1.807) is 0 Å². The number of halogens is 7. The fraction of sp³-hybridized carbons (Fsp3) is 0.0769. The maximum atomic E-state index is 13.1. The van der Waals surface area contributed by atoms with Gasteiger partial charge in [0.15, 0.2) is 0 Å². The molecular weight excluding hydrogens is 338 g/mol. The summed E-state index contributed by atoms with van der Waals surface area (Å²) in [5.41, 5.74) is -1.56. The molecule has 0 radical (unpaired) electrons. The zero-order valence-corrected chi connectivity index (χ0v) is 11.8. The fourth-order valence-corrected chi connectivity index (χ4v) is 2.47. The highest BCUT2D eigenvalue weighted by atomic mass is 35.5. The van der Waals surface area contributed by atoms with E-state index in [0.29, 0.717) is 6.07 Å². The summed E-state index contributed by atoms with van der Waals surface area (Å²) in [4.78, 5) is 0. The predicted octanol–water partition coefficient (Wildman–Crippen LogP) is 6.47. The molecule has 0 saturated carbocycles. The fourth-order valence-electron chi connectivity index (χ4n) is 1.74. The Kier molecular flexibility index (Phi) is 4.19. The van der Waals surface area contributed by atoms with Crippen molar-refractivity contribution in [2.75, 3.05) is 0 Å². The van der Waals surface area contributed by atoms with Crippen LogP contribution in [-0.2, 0) is 6.18 Å². The molecule has 0 saturated heterocycles. The summed E-state index contributed by atoms with van der Waals surface area (Å²) in [7, 11) is 0. The number of hydrogen-bond donors (Lipinski definition) is 0. The Bertz CT molecular complexity index is 665. The van der Waals surface area contributed by atoms with E-state index >= 15 is 0 Å². The van der Waals surface area contributed by atoms with E-state index in [0.717, 1.165) is 12.1 Å². The molecule has 0 aliphatic rings. The van der Waals surface area contributed by atoms with E-state index in [1.165, 1.54) is 12.1 Å². The Morgan fingerprint density at radius 2 is 1.45 bits per heavy atom. The van der Waals surface area contributed by atoms with Crippen LogP contribution in [0.5, 0.6) is 0 Å². The molecule has 0 aliphatic carbocycles. The molecular formula is C13H5Cl3F4. The van der Waals surface area contributed by atoms with Crippen LogP contribution in [0, 0.1) is 5.82 Å². The van der Waals surface area contributed by atoms with Crippen molar-refractivity contribution in [3.63, 3.8) is 0 Å². The van der Waals surface area contributed by atoms with Gasteiger partial charge in [-0.1, -0.05) is 40.9 Å². The van der Waals surface area contributed by atoms with Gasteiger partial charge in [0.25, 0.3) is 0 Å². The lowest BCUT2D eigenvalue weighted by Gasteiger charge is -2.15. The van der Waals surface area contributed by atoms with E-state index in [1.807, 2.05) is 0 Å². The second kappa shape index (κ2) is 5.43. The van der Waals surface area contributed by atoms with Crippen molar-refractivity contribution in [3.05, 3.63) is 56.8 Å². The molecule has 0 aromatic heterocycles. The molecule has 0 bridgehead atoms. The Morgan fingerprint density at radius 1 is 0.850 bits per heavy atom. The lowest BCUT2D eigenvalue weighted by Crippen LogP contribution is -2.08. The smallest absolute Gasteiger partial charge is 0.207 e. The summed E-state index contributed by atoms with van der Waals surface area (Å²) >= 11 is 17.6. The van der Waals surface area contributed by atoms with Gasteiger partial charge in [0.05, 0.1) is 20.6 Å². The summed E-state index contributed by atoms with van der Waals surface area (Å²) in [6, 6.07) is 4.96. The van der Waals surface area contributed by atoms with Crippen LogP contribution < -0.4 is 0 Å². The molecule has 0 spiro atoms. The van der Waals surface area contributed by atoms with Crippen molar-refractivity contribution in [1.82, 2.24) is 0 Å². The van der Waals surface area contributed by atoms with Crippen molar-refractivity contribution in [3.8, 4) is 11.1 Å². The molecule has 2 aromatic carbocycles. The lowest BCUT2D eigenvalue weighted by atomic mass is 9.99. The number of benzene rings is 2. The minimum Gasteiger partial charge on any atom is -0.207 e. The van der Waals surface area contributed by atoms with E-state index in [2.05, 4.69) is 0 Å². The first-order chi connectivity index (χ1) is 9.21. The molecule has 20 heavy (non-hydrogen) atoms. The monoisotopic (exact) mass is 342 g/mol. The third kappa shape index (κ3) is 2.87. The maximum Gasteiger partial charge on any atom is 0.417 e. The normalized spacial score (nSPS) is 11.8. The van der Waals surface area contributed by atoms with E-state index in [9.17, 15) is 17.6 Å². The molecule has 7 heteroatoms. The van der Waals surface area contributed by atoms with Gasteiger partial charge >= 0.3 is 6.18 Å². The molecule has 0 fully saturated rings. The summed E-state index contributed by atoms with van der Waals surface area (Å²) in [5.74, 6) is -1.00. The minimum absolute atomic E-state index is 0.00323. The molecule has 0 atom stereocenters. The molecule has 0 amide bonds. The Labute approximate surface area is 126 Å². The van der Waals surface area contributed by atoms with Gasteiger partial charge < -0.3 is 0 Å². The maximum absolute atomic E-state index is 13.1. The first-order valence-electron chi connectivity index (χ1n) is 5.22. The predicted molar refractivity (Wildman–Crippen MR) is 71.9 cm³/mol. The number of hydrogen-bond acceptors (Lipinski definition) is 0. The number of alkyl halides is 3. The summed E-state index contributed by atoms with van der Waals surface area (Å²) < 4.78 is 52.1. The van der Waals surface area contributed by atoms with Gasteiger partial charge in [-0.15, -0.1) is 0 Å². The molecule has 106 valence electrons. The quantitative estimate of drug-likeness (QED) is 0.411. The van der Waals surface area contributed by atoms with Gasteiger partial charge in [0.2, 0.25) is 0 Å². The molecule has 0 heterocycles. The van der Waals surface area contributed by atoms with Crippen molar-refractivity contribution >= 4 is 34.8 Å². The van der Waals surface area contributed by atoms with Crippen LogP contribution in [0.1, 0.15) is 5.56 Å². The standard InChI is InChI=1S/C13H5Cl3F4/c14-9-3-4-10(15)12(16)11(9)7-2-1-6(17)5-8(7)13(18,19)20/h1-5H. The van der Waals surface area contributed by atoms with Gasteiger partial charge in [-0.05, 0) is 29.8 Å². The Balaban J connectivity index is 2.81. The third-order valence-electron chi connectivity index (χ3n) is 2.60. The van der Waals surface area contributed by atoms with E-state index in [-0.39, 0.29) is 26.2 Å². The zero-order chi connectivity index (χ0) is 15.1. The van der Waals surface area contributed by atoms with Crippen molar-refractivity contribution < 1.29 is 17.6 Å². The SMILES string of the molecule is Fc1ccc(-c2c(Cl)ccc(Cl)c2Cl)c(C(F)(F)F)c1. The first kappa shape index (κ1) is 15.4. The lowest BCUT2D eigenvalue weighted by molar-refractivity contribution is -0.137. The molecule has 0 nitrogen and oxygen atoms in total. The van der Waals surface area contributed by atoms with Gasteiger partial charge in [-0.2, -0.15) is 13.2 Å². The van der Waals surface area contributed by atoms with Crippen LogP contribution >= 0.6 is 34.8 Å². The highest BCUT2D eigenvalue weighted by Gasteiger charge is 2.35. The van der Waals surface area contributed by atoms with Crippen LogP contribution in [0.25, 0.3) is 11.1 Å². The van der Waals surface area contributed by atoms with Crippen molar-refractivity contribution in [2.24, 2.45) is 0 Å². The first-order valence-corrected chi connectivity index (χ1v) is 6.36. The second-order valence-corrected chi connectivity index (χ2v) is 5.10. The number of rotatable bonds is 1. The molecule has 0 aliphatic heterocycles. The van der Waals surface area contributed by atoms with Crippen LogP contribution in [0.4, 0.5) is 17.6 Å². The van der Waals surface area contributed by atoms with Gasteiger partial charge in [0.1, 0.15) is 5.82 Å². The summed E-state index contributed by atoms with van der Waals surface area (Å²) in [5, 5.41) is -0.0590. The van der Waals surface area contributed by atoms with Crippen LogP contribution in [0.15, 0.2) is 30.3 Å². The summed E-state index contributed by atoms with van der Waals surface area (Å²) in [6.45, 7) is 0. The molecule has 2 aromatic rings. The molecule has 0 unspecified atom stereocenters. The van der Waals surface area contributed by atoms with Crippen molar-refractivity contribution in [2.45, 2.75) is 6.18 Å². The van der Waals surface area contributed by atoms with E-state index < -0.39 is 17.6 Å². The second-order valence-electron chi connectivity index (χ2n) is 3.91. The highest BCUT2D eigenvalue weighted by molar-refractivity contribution is 6.46. The van der Waals surface area contributed by atoms with Gasteiger partial charge in [-0.3, -0.25) is 0 Å². The topological polar surface area (TPSA) is 0 Å². The Morgan fingerprint density at radius 3 is 2.05 bits per heavy atom. The Hall–Kier alpha value is -0.970. The average molecular weight is 344 g/mol. The van der Waals surface area contributed by atoms with Crippen LogP contribution in [0.3, 0.4) is 0 Å². The van der Waals surface area contributed by atoms with E-state index in [4.69, 9.17) is 34.8 Å². The summed E-state index contributed by atoms with van der Waals surface area (Å²) in [6.07, 6.45) is -4.74. The van der Waals surface area contributed by atoms with Gasteiger partial charge in [-0.25, -0.2) is 4.39 Å². The largest absolute Gasteiger partial charge is 0.417 e. The average Bonchev–Trinajstić information content (AvgIpc) is 2.35. The highest BCUT2D eigenvalue weighted by Crippen LogP contribution is 2.44. The zero-order valence-electron chi connectivity index (χ0n) is 9.53. The van der Waals surface area contributed by atoms with Crippen molar-refractivity contribution in [1.29, 1.82) is 0 Å². The molecule has 0 N–H and O–H groups in total. The van der Waals surface area contributed by atoms with Crippen LogP contribution in [0.2, 0.25) is 15.1 Å². The molecule has 2 rings (SSSR count). The third-order valence-corrected chi connectivity index (χ3v) is 3.72. The van der Waals surface area contributed by atoms with Gasteiger partial charge in [0, 0.05) is 5.56 Å².